The quantitative estimate of drug-likeness (QED) is 0.357. The Kier molecular flexibility index (Phi) is 7.10. The number of carboxylic acids is 1. The van der Waals surface area contributed by atoms with Crippen LogP contribution in [0.25, 0.3) is 0 Å². The lowest BCUT2D eigenvalue weighted by atomic mass is 10.2. The molecule has 0 aliphatic carbocycles. The summed E-state index contributed by atoms with van der Waals surface area (Å²) in [6.07, 6.45) is 1.03. The van der Waals surface area contributed by atoms with Crippen molar-refractivity contribution in [3.05, 3.63) is 57.5 Å². The fourth-order valence-electron chi connectivity index (χ4n) is 2.35. The van der Waals surface area contributed by atoms with E-state index in [1.54, 1.807) is 0 Å². The predicted molar refractivity (Wildman–Crippen MR) is 105 cm³/mol. The molecule has 0 aliphatic heterocycles. The SMILES string of the molecule is Nc1ccc(C(=O)Nc2cccn(CC(=O)NC(C=O)CC(=O)O)c2=O)cc1Cl. The Balaban J connectivity index is 2.12. The summed E-state index contributed by atoms with van der Waals surface area (Å²) < 4.78 is 1.00. The van der Waals surface area contributed by atoms with E-state index >= 15 is 0 Å². The van der Waals surface area contributed by atoms with E-state index in [1.165, 1.54) is 36.5 Å². The number of carbonyl (C=O) groups excluding carboxylic acids is 3. The number of anilines is 2. The molecule has 0 fully saturated rings. The van der Waals surface area contributed by atoms with Gasteiger partial charge in [0.15, 0.2) is 0 Å². The van der Waals surface area contributed by atoms with Crippen LogP contribution in [0.15, 0.2) is 41.3 Å². The van der Waals surface area contributed by atoms with Crippen molar-refractivity contribution in [2.75, 3.05) is 11.1 Å². The van der Waals surface area contributed by atoms with E-state index in [1.807, 2.05) is 0 Å². The summed E-state index contributed by atoms with van der Waals surface area (Å²) in [7, 11) is 0. The van der Waals surface area contributed by atoms with Crippen molar-refractivity contribution in [2.24, 2.45) is 0 Å². The average molecular weight is 421 g/mol. The minimum atomic E-state index is -1.26. The number of rotatable bonds is 8. The van der Waals surface area contributed by atoms with Gasteiger partial charge in [-0.2, -0.15) is 0 Å². The number of nitrogens with one attached hydrogen (secondary N) is 2. The van der Waals surface area contributed by atoms with Gasteiger partial charge in [-0.05, 0) is 30.3 Å². The molecule has 0 bridgehead atoms. The van der Waals surface area contributed by atoms with Gasteiger partial charge in [0.25, 0.3) is 11.5 Å². The number of nitrogens with zero attached hydrogens (tertiary/aromatic N) is 1. The number of nitrogens with two attached hydrogens (primary N) is 1. The van der Waals surface area contributed by atoms with E-state index in [9.17, 15) is 24.0 Å². The Bertz CT molecular complexity index is 1020. The van der Waals surface area contributed by atoms with Gasteiger partial charge in [0, 0.05) is 11.8 Å². The van der Waals surface area contributed by atoms with Crippen molar-refractivity contribution in [3.8, 4) is 0 Å². The molecule has 5 N–H and O–H groups in total. The number of carboxylic acid groups (broad SMARTS) is 1. The Hall–Kier alpha value is -3.66. The fraction of sp³-hybridized carbons (Fsp3) is 0.167. The summed E-state index contributed by atoms with van der Waals surface area (Å²) in [5.74, 6) is -2.60. The number of halogens is 1. The van der Waals surface area contributed by atoms with Crippen molar-refractivity contribution in [1.82, 2.24) is 9.88 Å². The van der Waals surface area contributed by atoms with Gasteiger partial charge >= 0.3 is 5.97 Å². The second kappa shape index (κ2) is 9.51. The molecule has 1 aromatic carbocycles. The van der Waals surface area contributed by atoms with Crippen molar-refractivity contribution < 1.29 is 24.3 Å². The molecule has 0 radical (unpaired) electrons. The van der Waals surface area contributed by atoms with Crippen LogP contribution in [0, 0.1) is 0 Å². The second-order valence-electron chi connectivity index (χ2n) is 5.95. The molecule has 0 aliphatic rings. The Morgan fingerprint density at radius 1 is 1.28 bits per heavy atom. The molecule has 1 atom stereocenters. The Morgan fingerprint density at radius 2 is 2.00 bits per heavy atom. The number of amides is 2. The highest BCUT2D eigenvalue weighted by molar-refractivity contribution is 6.33. The van der Waals surface area contributed by atoms with E-state index in [0.717, 1.165) is 4.57 Å². The molecule has 2 amide bonds. The molecule has 11 heteroatoms. The number of aliphatic carboxylic acids is 1. The van der Waals surface area contributed by atoms with Crippen LogP contribution >= 0.6 is 11.6 Å². The molecule has 2 rings (SSSR count). The highest BCUT2D eigenvalue weighted by Gasteiger charge is 2.17. The maximum Gasteiger partial charge on any atom is 0.305 e. The van der Waals surface area contributed by atoms with E-state index in [-0.39, 0.29) is 16.3 Å². The van der Waals surface area contributed by atoms with Crippen molar-refractivity contribution in [2.45, 2.75) is 19.0 Å². The predicted octanol–water partition coefficient (Wildman–Crippen LogP) is 0.495. The lowest BCUT2D eigenvalue weighted by Crippen LogP contribution is -2.41. The molecule has 1 aromatic heterocycles. The van der Waals surface area contributed by atoms with Crippen LogP contribution < -0.4 is 21.9 Å². The number of hydrogen-bond acceptors (Lipinski definition) is 6. The molecular formula is C18H17ClN4O6. The van der Waals surface area contributed by atoms with E-state index < -0.39 is 42.4 Å². The highest BCUT2D eigenvalue weighted by Crippen LogP contribution is 2.20. The lowest BCUT2D eigenvalue weighted by Gasteiger charge is -2.12. The van der Waals surface area contributed by atoms with Gasteiger partial charge in [0.05, 0.1) is 23.2 Å². The van der Waals surface area contributed by atoms with Crippen LogP contribution in [-0.4, -0.2) is 39.8 Å². The first-order valence-corrected chi connectivity index (χ1v) is 8.61. The summed E-state index contributed by atoms with van der Waals surface area (Å²) >= 11 is 5.88. The molecule has 1 unspecified atom stereocenters. The van der Waals surface area contributed by atoms with Crippen LogP contribution in [0.5, 0.6) is 0 Å². The van der Waals surface area contributed by atoms with Gasteiger partial charge in [-0.15, -0.1) is 0 Å². The zero-order valence-electron chi connectivity index (χ0n) is 14.9. The van der Waals surface area contributed by atoms with Crippen molar-refractivity contribution >= 4 is 47.0 Å². The number of pyridine rings is 1. The number of carbonyl (C=O) groups is 4. The topological polar surface area (TPSA) is 161 Å². The summed E-state index contributed by atoms with van der Waals surface area (Å²) in [4.78, 5) is 58.3. The van der Waals surface area contributed by atoms with Gasteiger partial charge < -0.3 is 30.8 Å². The molecule has 0 spiro atoms. The zero-order valence-corrected chi connectivity index (χ0v) is 15.7. The molecule has 0 saturated carbocycles. The first-order valence-electron chi connectivity index (χ1n) is 8.23. The molecule has 2 aromatic rings. The van der Waals surface area contributed by atoms with Gasteiger partial charge in [-0.3, -0.25) is 19.2 Å². The standard InChI is InChI=1S/C18H17ClN4O6/c19-12-6-10(3-4-13(12)20)17(28)22-14-2-1-5-23(18(14)29)8-15(25)21-11(9-24)7-16(26)27/h1-6,9,11H,7-8,20H2,(H,21,25)(H,22,28)(H,26,27). The van der Waals surface area contributed by atoms with Crippen LogP contribution in [0.4, 0.5) is 11.4 Å². The third-order valence-electron chi connectivity index (χ3n) is 3.75. The first kappa shape index (κ1) is 21.6. The summed E-state index contributed by atoms with van der Waals surface area (Å²) in [5.41, 5.74) is 5.32. The zero-order chi connectivity index (χ0) is 21.6. The van der Waals surface area contributed by atoms with Crippen molar-refractivity contribution in [1.29, 1.82) is 0 Å². The van der Waals surface area contributed by atoms with Gasteiger partial charge in [0.1, 0.15) is 18.5 Å². The monoisotopic (exact) mass is 420 g/mol. The molecular weight excluding hydrogens is 404 g/mol. The molecule has 29 heavy (non-hydrogen) atoms. The van der Waals surface area contributed by atoms with Crippen LogP contribution in [0.2, 0.25) is 5.02 Å². The fourth-order valence-corrected chi connectivity index (χ4v) is 2.53. The number of aromatic nitrogens is 1. The summed E-state index contributed by atoms with van der Waals surface area (Å²) in [6.45, 7) is -0.472. The largest absolute Gasteiger partial charge is 0.481 e. The Morgan fingerprint density at radius 3 is 2.62 bits per heavy atom. The van der Waals surface area contributed by atoms with Gasteiger partial charge in [0.2, 0.25) is 5.91 Å². The van der Waals surface area contributed by atoms with Gasteiger partial charge in [-0.1, -0.05) is 11.6 Å². The summed E-state index contributed by atoms with van der Waals surface area (Å²) in [5, 5.41) is 13.5. The lowest BCUT2D eigenvalue weighted by molar-refractivity contribution is -0.138. The van der Waals surface area contributed by atoms with Crippen LogP contribution in [0.3, 0.4) is 0 Å². The van der Waals surface area contributed by atoms with Gasteiger partial charge in [-0.25, -0.2) is 0 Å². The van der Waals surface area contributed by atoms with E-state index in [4.69, 9.17) is 22.4 Å². The number of nitrogen functional groups attached to an aromatic ring is 1. The van der Waals surface area contributed by atoms with Crippen LogP contribution in [-0.2, 0) is 20.9 Å². The summed E-state index contributed by atoms with van der Waals surface area (Å²) in [6, 6.07) is 5.82. The molecule has 0 saturated heterocycles. The maximum atomic E-state index is 12.5. The normalized spacial score (nSPS) is 11.3. The van der Waals surface area contributed by atoms with E-state index in [0.29, 0.717) is 12.0 Å². The van der Waals surface area contributed by atoms with E-state index in [2.05, 4.69) is 10.6 Å². The molecule has 10 nitrogen and oxygen atoms in total. The third kappa shape index (κ3) is 5.91. The highest BCUT2D eigenvalue weighted by atomic mass is 35.5. The average Bonchev–Trinajstić information content (AvgIpc) is 2.66. The number of hydrogen-bond donors (Lipinski definition) is 4. The van der Waals surface area contributed by atoms with Crippen LogP contribution in [0.1, 0.15) is 16.8 Å². The molecule has 152 valence electrons. The maximum absolute atomic E-state index is 12.5. The number of aldehydes is 1. The smallest absolute Gasteiger partial charge is 0.305 e. The minimum absolute atomic E-state index is 0.0873. The second-order valence-corrected chi connectivity index (χ2v) is 6.36. The minimum Gasteiger partial charge on any atom is -0.481 e. The van der Waals surface area contributed by atoms with Crippen molar-refractivity contribution in [3.63, 3.8) is 0 Å². The third-order valence-corrected chi connectivity index (χ3v) is 4.08. The molecule has 1 heterocycles. The first-order chi connectivity index (χ1) is 13.7. The Labute approximate surface area is 169 Å². The number of benzene rings is 1.